The number of hydrogen-bond donors (Lipinski definition) is 2. The zero-order chi connectivity index (χ0) is 14.8. The van der Waals surface area contributed by atoms with Crippen molar-refractivity contribution in [2.24, 2.45) is 0 Å². The molecule has 3 heteroatoms. The quantitative estimate of drug-likeness (QED) is 0.897. The number of aromatic hydroxyl groups is 2. The molecule has 20 heavy (non-hydrogen) atoms. The van der Waals surface area contributed by atoms with Crippen molar-refractivity contribution in [2.75, 3.05) is 14.2 Å². The smallest absolute Gasteiger partial charge is 0.119 e. The molecule has 2 aromatic carbocycles. The SMILES string of the molecule is COC.Oc1cc(O)cc(CC=Cc2ccccc2)c1. The first-order valence-corrected chi connectivity index (χ1v) is 6.29. The van der Waals surface area contributed by atoms with E-state index in [2.05, 4.69) is 4.74 Å². The molecule has 0 aliphatic rings. The Balaban J connectivity index is 0.000000612. The standard InChI is InChI=1S/C15H14O2.C2H6O/c16-14-9-13(10-15(17)11-14)8-4-7-12-5-2-1-3-6-12;1-3-2/h1-7,9-11,16-17H,8H2;1-2H3. The molecule has 2 N–H and O–H groups in total. The van der Waals surface area contributed by atoms with Crippen molar-refractivity contribution in [1.29, 1.82) is 0 Å². The molecule has 0 saturated heterocycles. The zero-order valence-electron chi connectivity index (χ0n) is 11.8. The molecule has 0 radical (unpaired) electrons. The Kier molecular flexibility index (Phi) is 6.93. The highest BCUT2D eigenvalue weighted by Gasteiger charge is 1.96. The molecule has 0 amide bonds. The Hall–Kier alpha value is -2.26. The van der Waals surface area contributed by atoms with Crippen LogP contribution in [0.5, 0.6) is 11.5 Å². The van der Waals surface area contributed by atoms with E-state index in [1.165, 1.54) is 6.07 Å². The molecule has 0 saturated carbocycles. The molecule has 0 atom stereocenters. The Labute approximate surface area is 119 Å². The van der Waals surface area contributed by atoms with Gasteiger partial charge in [0, 0.05) is 20.3 Å². The van der Waals surface area contributed by atoms with E-state index in [1.54, 1.807) is 26.4 Å². The van der Waals surface area contributed by atoms with Gasteiger partial charge in [-0.15, -0.1) is 0 Å². The van der Waals surface area contributed by atoms with Gasteiger partial charge in [0.2, 0.25) is 0 Å². The van der Waals surface area contributed by atoms with E-state index in [1.807, 2.05) is 42.5 Å². The van der Waals surface area contributed by atoms with E-state index in [-0.39, 0.29) is 11.5 Å². The van der Waals surface area contributed by atoms with Gasteiger partial charge in [-0.05, 0) is 29.7 Å². The van der Waals surface area contributed by atoms with Gasteiger partial charge in [-0.25, -0.2) is 0 Å². The molecule has 2 rings (SSSR count). The Bertz CT molecular complexity index is 513. The van der Waals surface area contributed by atoms with Gasteiger partial charge >= 0.3 is 0 Å². The third-order valence-electron chi connectivity index (χ3n) is 2.43. The summed E-state index contributed by atoms with van der Waals surface area (Å²) in [5, 5.41) is 18.7. The summed E-state index contributed by atoms with van der Waals surface area (Å²) in [7, 11) is 3.25. The number of ether oxygens (including phenoxy) is 1. The largest absolute Gasteiger partial charge is 0.508 e. The number of benzene rings is 2. The van der Waals surface area contributed by atoms with Crippen molar-refractivity contribution in [3.8, 4) is 11.5 Å². The first kappa shape index (κ1) is 15.8. The molecule has 106 valence electrons. The summed E-state index contributed by atoms with van der Waals surface area (Å²) >= 11 is 0. The highest BCUT2D eigenvalue weighted by molar-refractivity contribution is 5.49. The van der Waals surface area contributed by atoms with Gasteiger partial charge in [0.05, 0.1) is 0 Å². The summed E-state index contributed by atoms with van der Waals surface area (Å²) in [4.78, 5) is 0. The van der Waals surface area contributed by atoms with Gasteiger partial charge in [-0.3, -0.25) is 0 Å². The molecule has 0 fully saturated rings. The molecule has 2 aromatic rings. The highest BCUT2D eigenvalue weighted by atomic mass is 16.4. The predicted octanol–water partition coefficient (Wildman–Crippen LogP) is 3.62. The molecule has 0 aliphatic heterocycles. The summed E-state index contributed by atoms with van der Waals surface area (Å²) in [6, 6.07) is 14.6. The minimum Gasteiger partial charge on any atom is -0.508 e. The maximum atomic E-state index is 9.33. The van der Waals surface area contributed by atoms with Gasteiger partial charge in [0.1, 0.15) is 11.5 Å². The number of methoxy groups -OCH3 is 1. The minimum atomic E-state index is 0.0908. The van der Waals surface area contributed by atoms with Gasteiger partial charge in [0.25, 0.3) is 0 Å². The van der Waals surface area contributed by atoms with Crippen LogP contribution in [-0.2, 0) is 11.2 Å². The van der Waals surface area contributed by atoms with Crippen LogP contribution in [0, 0.1) is 0 Å². The van der Waals surface area contributed by atoms with Crippen molar-refractivity contribution in [3.05, 3.63) is 65.7 Å². The fourth-order valence-corrected chi connectivity index (χ4v) is 1.67. The van der Waals surface area contributed by atoms with Crippen molar-refractivity contribution in [2.45, 2.75) is 6.42 Å². The number of allylic oxidation sites excluding steroid dienone is 1. The fraction of sp³-hybridized carbons (Fsp3) is 0.176. The van der Waals surface area contributed by atoms with Crippen LogP contribution in [0.3, 0.4) is 0 Å². The van der Waals surface area contributed by atoms with E-state index in [4.69, 9.17) is 0 Å². The molecule has 0 aliphatic carbocycles. The normalized spacial score (nSPS) is 10.1. The summed E-state index contributed by atoms with van der Waals surface area (Å²) in [6.45, 7) is 0. The van der Waals surface area contributed by atoms with E-state index < -0.39 is 0 Å². The lowest BCUT2D eigenvalue weighted by atomic mass is 10.1. The Morgan fingerprint density at radius 3 is 2.05 bits per heavy atom. The summed E-state index contributed by atoms with van der Waals surface area (Å²) in [5.41, 5.74) is 2.02. The monoisotopic (exact) mass is 272 g/mol. The van der Waals surface area contributed by atoms with E-state index in [0.717, 1.165) is 11.1 Å². The number of rotatable bonds is 3. The van der Waals surface area contributed by atoms with Gasteiger partial charge in [0.15, 0.2) is 0 Å². The third kappa shape index (κ3) is 6.07. The lowest BCUT2D eigenvalue weighted by Gasteiger charge is -2.00. The van der Waals surface area contributed by atoms with Gasteiger partial charge in [-0.1, -0.05) is 42.5 Å². The Morgan fingerprint density at radius 1 is 0.950 bits per heavy atom. The lowest BCUT2D eigenvalue weighted by molar-refractivity contribution is 0.277. The molecule has 0 aromatic heterocycles. The van der Waals surface area contributed by atoms with E-state index >= 15 is 0 Å². The van der Waals surface area contributed by atoms with Gasteiger partial charge in [-0.2, -0.15) is 0 Å². The molecular formula is C17H20O3. The second kappa shape index (κ2) is 8.77. The maximum Gasteiger partial charge on any atom is 0.119 e. The van der Waals surface area contributed by atoms with Crippen LogP contribution in [0.15, 0.2) is 54.6 Å². The summed E-state index contributed by atoms with van der Waals surface area (Å²) in [6.07, 6.45) is 4.70. The highest BCUT2D eigenvalue weighted by Crippen LogP contribution is 2.20. The average Bonchev–Trinajstić information content (AvgIpc) is 2.40. The summed E-state index contributed by atoms with van der Waals surface area (Å²) < 4.78 is 4.25. The molecular weight excluding hydrogens is 252 g/mol. The molecule has 0 bridgehead atoms. The van der Waals surface area contributed by atoms with Crippen LogP contribution in [0.1, 0.15) is 11.1 Å². The van der Waals surface area contributed by atoms with Crippen LogP contribution in [0.4, 0.5) is 0 Å². The zero-order valence-corrected chi connectivity index (χ0v) is 11.8. The van der Waals surface area contributed by atoms with Crippen LogP contribution < -0.4 is 0 Å². The molecule has 0 unspecified atom stereocenters. The van der Waals surface area contributed by atoms with Crippen LogP contribution in [-0.4, -0.2) is 24.4 Å². The second-order valence-electron chi connectivity index (χ2n) is 4.28. The molecule has 0 heterocycles. The number of phenols is 2. The maximum absolute atomic E-state index is 9.33. The predicted molar refractivity (Wildman–Crippen MR) is 81.9 cm³/mol. The van der Waals surface area contributed by atoms with Crippen LogP contribution in [0.25, 0.3) is 6.08 Å². The Morgan fingerprint density at radius 2 is 1.50 bits per heavy atom. The minimum absolute atomic E-state index is 0.0908. The molecule has 0 spiro atoms. The topological polar surface area (TPSA) is 49.7 Å². The van der Waals surface area contributed by atoms with E-state index in [0.29, 0.717) is 6.42 Å². The summed E-state index contributed by atoms with van der Waals surface area (Å²) in [5.74, 6) is 0.182. The van der Waals surface area contributed by atoms with Crippen molar-refractivity contribution in [3.63, 3.8) is 0 Å². The second-order valence-corrected chi connectivity index (χ2v) is 4.28. The van der Waals surface area contributed by atoms with Crippen LogP contribution >= 0.6 is 0 Å². The van der Waals surface area contributed by atoms with Crippen molar-refractivity contribution >= 4 is 6.08 Å². The van der Waals surface area contributed by atoms with Crippen molar-refractivity contribution in [1.82, 2.24) is 0 Å². The first-order valence-electron chi connectivity index (χ1n) is 6.29. The van der Waals surface area contributed by atoms with E-state index in [9.17, 15) is 10.2 Å². The van der Waals surface area contributed by atoms with Gasteiger partial charge < -0.3 is 14.9 Å². The number of hydrogen-bond acceptors (Lipinski definition) is 3. The lowest BCUT2D eigenvalue weighted by Crippen LogP contribution is -1.80. The average molecular weight is 272 g/mol. The van der Waals surface area contributed by atoms with Crippen LogP contribution in [0.2, 0.25) is 0 Å². The fourth-order valence-electron chi connectivity index (χ4n) is 1.67. The van der Waals surface area contributed by atoms with Crippen molar-refractivity contribution < 1.29 is 14.9 Å². The molecule has 3 nitrogen and oxygen atoms in total. The third-order valence-corrected chi connectivity index (χ3v) is 2.43. The first-order chi connectivity index (χ1) is 9.65. The number of phenolic OH excluding ortho intramolecular Hbond substituents is 2.